The van der Waals surface area contributed by atoms with Crippen molar-refractivity contribution in [1.82, 2.24) is 0 Å². The Hall–Kier alpha value is -3.99. The van der Waals surface area contributed by atoms with E-state index in [9.17, 15) is 9.90 Å². The molecule has 0 spiro atoms. The number of carboxylic acids is 1. The van der Waals surface area contributed by atoms with Crippen LogP contribution in [0.5, 0.6) is 17.2 Å². The third-order valence-electron chi connectivity index (χ3n) is 4.36. The maximum atomic E-state index is 12.9. The van der Waals surface area contributed by atoms with E-state index in [0.29, 0.717) is 47.3 Å². The SMILES string of the molecule is CC(=O)O.CCOC(=O)C(Nc1ccc(C(=N)N)cc1)c1cc(OCC)c(OCC)cc1OCCO. The standard InChI is InChI=1S/C23H31N3O6.C2H4O2/c1-4-29-19-13-17(18(32-12-11-27)14-20(19)30-5-2)21(23(28)31-6-3)26-16-9-7-15(8-10-16)22(24)25;1-2(3)4/h7-10,13-14,21,26-27H,4-6,11-12H2,1-3H3,(H3,24,25);1H3,(H,3,4). The minimum absolute atomic E-state index is 0.0371. The van der Waals surface area contributed by atoms with Crippen LogP contribution in [0.2, 0.25) is 0 Å². The molecule has 2 rings (SSSR count). The average molecular weight is 506 g/mol. The second kappa shape index (κ2) is 15.8. The Morgan fingerprint density at radius 1 is 0.972 bits per heavy atom. The summed E-state index contributed by atoms with van der Waals surface area (Å²) in [6.07, 6.45) is 0. The van der Waals surface area contributed by atoms with Crippen molar-refractivity contribution in [3.8, 4) is 17.2 Å². The van der Waals surface area contributed by atoms with Crippen molar-refractivity contribution in [2.24, 2.45) is 5.73 Å². The first-order valence-electron chi connectivity index (χ1n) is 11.4. The van der Waals surface area contributed by atoms with E-state index >= 15 is 0 Å². The Balaban J connectivity index is 0.00000150. The number of rotatable bonds is 13. The first kappa shape index (κ1) is 30.0. The van der Waals surface area contributed by atoms with Gasteiger partial charge in [-0.15, -0.1) is 0 Å². The van der Waals surface area contributed by atoms with Crippen LogP contribution in [-0.2, 0) is 14.3 Å². The number of anilines is 1. The number of nitrogens with one attached hydrogen (secondary N) is 2. The minimum atomic E-state index is -0.929. The van der Waals surface area contributed by atoms with Crippen LogP contribution < -0.4 is 25.3 Å². The van der Waals surface area contributed by atoms with Crippen LogP contribution in [0.25, 0.3) is 0 Å². The van der Waals surface area contributed by atoms with Crippen LogP contribution in [-0.4, -0.2) is 61.0 Å². The first-order valence-corrected chi connectivity index (χ1v) is 11.4. The molecule has 0 amide bonds. The van der Waals surface area contributed by atoms with E-state index in [0.717, 1.165) is 6.92 Å². The lowest BCUT2D eigenvalue weighted by atomic mass is 10.0. The number of carbonyl (C=O) groups excluding carboxylic acids is 1. The molecule has 0 aliphatic carbocycles. The van der Waals surface area contributed by atoms with Crippen LogP contribution in [0.4, 0.5) is 5.69 Å². The lowest BCUT2D eigenvalue weighted by molar-refractivity contribution is -0.144. The molecule has 0 fully saturated rings. The van der Waals surface area contributed by atoms with Crippen LogP contribution >= 0.6 is 0 Å². The Bertz CT molecular complexity index is 992. The molecule has 198 valence electrons. The second-order valence-electron chi connectivity index (χ2n) is 7.11. The number of amidine groups is 1. The Kier molecular flexibility index (Phi) is 13.2. The van der Waals surface area contributed by atoms with E-state index in [1.54, 1.807) is 43.3 Å². The van der Waals surface area contributed by atoms with E-state index in [4.69, 9.17) is 40.0 Å². The molecule has 11 nitrogen and oxygen atoms in total. The van der Waals surface area contributed by atoms with Crippen molar-refractivity contribution in [2.45, 2.75) is 33.7 Å². The van der Waals surface area contributed by atoms with Crippen molar-refractivity contribution in [2.75, 3.05) is 38.4 Å². The van der Waals surface area contributed by atoms with Gasteiger partial charge in [0.15, 0.2) is 17.5 Å². The molecule has 0 aliphatic heterocycles. The Morgan fingerprint density at radius 2 is 1.53 bits per heavy atom. The molecule has 36 heavy (non-hydrogen) atoms. The molecule has 1 atom stereocenters. The number of nitrogens with two attached hydrogens (primary N) is 1. The largest absolute Gasteiger partial charge is 0.491 e. The van der Waals surface area contributed by atoms with Crippen LogP contribution in [0, 0.1) is 5.41 Å². The van der Waals surface area contributed by atoms with Crippen LogP contribution in [0.3, 0.4) is 0 Å². The van der Waals surface area contributed by atoms with Gasteiger partial charge in [0.1, 0.15) is 18.2 Å². The topological polar surface area (TPSA) is 173 Å². The summed E-state index contributed by atoms with van der Waals surface area (Å²) in [5, 5.41) is 27.4. The van der Waals surface area contributed by atoms with Gasteiger partial charge in [-0.25, -0.2) is 4.79 Å². The number of hydrogen-bond acceptors (Lipinski definition) is 9. The molecule has 0 aromatic heterocycles. The summed E-state index contributed by atoms with van der Waals surface area (Å²) in [5.41, 5.74) is 7.18. The van der Waals surface area contributed by atoms with Crippen molar-refractivity contribution in [3.63, 3.8) is 0 Å². The van der Waals surface area contributed by atoms with Crippen molar-refractivity contribution >= 4 is 23.5 Å². The third-order valence-corrected chi connectivity index (χ3v) is 4.36. The molecule has 6 N–H and O–H groups in total. The highest BCUT2D eigenvalue weighted by Crippen LogP contribution is 2.39. The zero-order chi connectivity index (χ0) is 27.1. The van der Waals surface area contributed by atoms with E-state index in [-0.39, 0.29) is 25.7 Å². The summed E-state index contributed by atoms with van der Waals surface area (Å²) in [6, 6.07) is 9.19. The van der Waals surface area contributed by atoms with Gasteiger partial charge in [0, 0.05) is 29.8 Å². The highest BCUT2D eigenvalue weighted by Gasteiger charge is 2.28. The maximum Gasteiger partial charge on any atom is 0.333 e. The summed E-state index contributed by atoms with van der Waals surface area (Å²) >= 11 is 0. The van der Waals surface area contributed by atoms with Gasteiger partial charge < -0.3 is 40.2 Å². The van der Waals surface area contributed by atoms with E-state index in [2.05, 4.69) is 5.32 Å². The lowest BCUT2D eigenvalue weighted by Gasteiger charge is -2.23. The predicted octanol–water partition coefficient (Wildman–Crippen LogP) is 2.95. The molecular weight excluding hydrogens is 470 g/mol. The first-order chi connectivity index (χ1) is 17.2. The molecule has 11 heteroatoms. The smallest absolute Gasteiger partial charge is 0.333 e. The molecular formula is C25H35N3O8. The van der Waals surface area contributed by atoms with Crippen molar-refractivity contribution in [1.29, 1.82) is 5.41 Å². The number of hydrogen-bond donors (Lipinski definition) is 5. The van der Waals surface area contributed by atoms with Gasteiger partial charge in [0.25, 0.3) is 5.97 Å². The summed E-state index contributed by atoms with van der Waals surface area (Å²) in [7, 11) is 0. The summed E-state index contributed by atoms with van der Waals surface area (Å²) in [4.78, 5) is 21.9. The molecule has 2 aromatic rings. The molecule has 0 bridgehead atoms. The molecule has 0 aliphatic rings. The number of aliphatic hydroxyl groups is 1. The number of ether oxygens (including phenoxy) is 4. The van der Waals surface area contributed by atoms with Crippen LogP contribution in [0.15, 0.2) is 36.4 Å². The van der Waals surface area contributed by atoms with Crippen LogP contribution in [0.1, 0.15) is 44.9 Å². The fourth-order valence-corrected chi connectivity index (χ4v) is 3.00. The van der Waals surface area contributed by atoms with Crippen molar-refractivity contribution < 1.29 is 38.7 Å². The van der Waals surface area contributed by atoms with E-state index in [1.165, 1.54) is 0 Å². The third kappa shape index (κ3) is 9.71. The molecule has 0 heterocycles. The zero-order valence-corrected chi connectivity index (χ0v) is 21.0. The minimum Gasteiger partial charge on any atom is -0.491 e. The number of benzene rings is 2. The highest BCUT2D eigenvalue weighted by molar-refractivity contribution is 5.95. The van der Waals surface area contributed by atoms with Gasteiger partial charge in [-0.2, -0.15) is 0 Å². The maximum absolute atomic E-state index is 12.9. The fraction of sp³-hybridized carbons (Fsp3) is 0.400. The Labute approximate surface area is 210 Å². The molecule has 0 saturated heterocycles. The quantitative estimate of drug-likeness (QED) is 0.155. The number of nitrogen functional groups attached to an aromatic ring is 1. The molecule has 2 aromatic carbocycles. The number of carbonyl (C=O) groups is 2. The predicted molar refractivity (Wildman–Crippen MR) is 135 cm³/mol. The van der Waals surface area contributed by atoms with E-state index < -0.39 is 18.0 Å². The number of esters is 1. The van der Waals surface area contributed by atoms with Gasteiger partial charge >= 0.3 is 5.97 Å². The van der Waals surface area contributed by atoms with Gasteiger partial charge in [0.05, 0.1) is 26.4 Å². The average Bonchev–Trinajstić information content (AvgIpc) is 2.83. The molecule has 0 radical (unpaired) electrons. The molecule has 0 saturated carbocycles. The lowest BCUT2D eigenvalue weighted by Crippen LogP contribution is -2.24. The van der Waals surface area contributed by atoms with Gasteiger partial charge in [0.2, 0.25) is 0 Å². The van der Waals surface area contributed by atoms with Crippen molar-refractivity contribution in [3.05, 3.63) is 47.5 Å². The number of carboxylic acid groups (broad SMARTS) is 1. The zero-order valence-electron chi connectivity index (χ0n) is 21.0. The monoisotopic (exact) mass is 505 g/mol. The Morgan fingerprint density at radius 3 is 2.00 bits per heavy atom. The van der Waals surface area contributed by atoms with Gasteiger partial charge in [-0.3, -0.25) is 10.2 Å². The normalized spacial score (nSPS) is 10.8. The molecule has 1 unspecified atom stereocenters. The number of aliphatic hydroxyl groups excluding tert-OH is 1. The summed E-state index contributed by atoms with van der Waals surface area (Å²) in [5.74, 6) is -0.102. The summed E-state index contributed by atoms with van der Waals surface area (Å²) < 4.78 is 22.4. The van der Waals surface area contributed by atoms with Gasteiger partial charge in [-0.05, 0) is 51.1 Å². The number of aliphatic carboxylic acids is 1. The van der Waals surface area contributed by atoms with E-state index in [1.807, 2.05) is 13.8 Å². The second-order valence-corrected chi connectivity index (χ2v) is 7.11. The highest BCUT2D eigenvalue weighted by atomic mass is 16.5. The fourth-order valence-electron chi connectivity index (χ4n) is 3.00. The van der Waals surface area contributed by atoms with Gasteiger partial charge in [-0.1, -0.05) is 0 Å². The summed E-state index contributed by atoms with van der Waals surface area (Å²) in [6.45, 7) is 7.37.